The number of ketones is 1. The number of carbonyl (C=O) groups is 2. The molecule has 4 N–H and O–H groups in total. The first-order valence-electron chi connectivity index (χ1n) is 9.61. The van der Waals surface area contributed by atoms with Crippen molar-refractivity contribution in [2.24, 2.45) is 0 Å². The Morgan fingerprint density at radius 3 is 2.52 bits per heavy atom. The minimum atomic E-state index is -0.949. The average Bonchev–Trinajstić information content (AvgIpc) is 3.02. The first-order valence-corrected chi connectivity index (χ1v) is 9.61. The molecule has 1 aliphatic rings. The maximum Gasteiger partial charge on any atom is 0.295 e. The highest BCUT2D eigenvalue weighted by Crippen LogP contribution is 2.41. The van der Waals surface area contributed by atoms with Crippen molar-refractivity contribution in [1.29, 1.82) is 0 Å². The molecule has 1 saturated heterocycles. The topological polar surface area (TPSA) is 119 Å². The van der Waals surface area contributed by atoms with Crippen molar-refractivity contribution in [1.82, 2.24) is 10.2 Å². The normalized spacial score (nSPS) is 17.9. The zero-order valence-corrected chi connectivity index (χ0v) is 16.8. The summed E-state index contributed by atoms with van der Waals surface area (Å²) in [5.41, 5.74) is 0.486. The largest absolute Gasteiger partial charge is 0.507 e. The van der Waals surface area contributed by atoms with Crippen LogP contribution < -0.4 is 10.1 Å². The van der Waals surface area contributed by atoms with Gasteiger partial charge in [-0.05, 0) is 42.0 Å². The van der Waals surface area contributed by atoms with Gasteiger partial charge in [0.05, 0.1) is 25.3 Å². The Hall–Kier alpha value is -3.43. The fourth-order valence-electron chi connectivity index (χ4n) is 3.49. The van der Waals surface area contributed by atoms with Crippen molar-refractivity contribution in [3.05, 3.63) is 65.0 Å². The van der Waals surface area contributed by atoms with E-state index >= 15 is 0 Å². The van der Waals surface area contributed by atoms with Gasteiger partial charge in [-0.1, -0.05) is 6.07 Å². The second kappa shape index (κ2) is 9.59. The molecule has 2 aromatic rings. The van der Waals surface area contributed by atoms with Crippen molar-refractivity contribution >= 4 is 17.4 Å². The molecule has 0 unspecified atom stereocenters. The maximum atomic E-state index is 13.3. The lowest BCUT2D eigenvalue weighted by Gasteiger charge is -2.26. The average molecular weight is 430 g/mol. The predicted molar refractivity (Wildman–Crippen MR) is 110 cm³/mol. The van der Waals surface area contributed by atoms with E-state index in [1.807, 2.05) is 0 Å². The van der Waals surface area contributed by atoms with Gasteiger partial charge in [0.25, 0.3) is 11.7 Å². The van der Waals surface area contributed by atoms with Crippen molar-refractivity contribution < 1.29 is 34.0 Å². The summed E-state index contributed by atoms with van der Waals surface area (Å²) < 4.78 is 18.4. The van der Waals surface area contributed by atoms with Gasteiger partial charge in [0.2, 0.25) is 0 Å². The molecule has 1 atom stereocenters. The molecule has 8 nitrogen and oxygen atoms in total. The Balaban J connectivity index is 2.10. The van der Waals surface area contributed by atoms with Crippen molar-refractivity contribution in [2.45, 2.75) is 6.04 Å². The number of hydrogen-bond donors (Lipinski definition) is 4. The van der Waals surface area contributed by atoms with Crippen LogP contribution in [0.15, 0.2) is 48.0 Å². The number of rotatable bonds is 8. The van der Waals surface area contributed by atoms with Crippen LogP contribution in [0.4, 0.5) is 4.39 Å². The molecule has 3 rings (SSSR count). The van der Waals surface area contributed by atoms with Crippen LogP contribution in [0.3, 0.4) is 0 Å². The van der Waals surface area contributed by atoms with Gasteiger partial charge >= 0.3 is 0 Å². The van der Waals surface area contributed by atoms with Gasteiger partial charge in [0.15, 0.2) is 11.5 Å². The van der Waals surface area contributed by atoms with Gasteiger partial charge in [-0.25, -0.2) is 4.39 Å². The molecule has 0 saturated carbocycles. The van der Waals surface area contributed by atoms with Crippen molar-refractivity contribution in [3.63, 3.8) is 0 Å². The number of phenolic OH excluding ortho intramolecular Hbond substituents is 1. The fraction of sp³-hybridized carbons (Fsp3) is 0.273. The number of amides is 1. The number of aliphatic hydroxyl groups excluding tert-OH is 2. The zero-order valence-electron chi connectivity index (χ0n) is 16.8. The van der Waals surface area contributed by atoms with Gasteiger partial charge in [-0.15, -0.1) is 0 Å². The Kier molecular flexibility index (Phi) is 6.88. The van der Waals surface area contributed by atoms with Crippen LogP contribution >= 0.6 is 0 Å². The van der Waals surface area contributed by atoms with Crippen LogP contribution in [-0.4, -0.2) is 65.3 Å². The summed E-state index contributed by atoms with van der Waals surface area (Å²) in [4.78, 5) is 27.0. The molecule has 31 heavy (non-hydrogen) atoms. The minimum Gasteiger partial charge on any atom is -0.507 e. The molecule has 2 aromatic carbocycles. The maximum absolute atomic E-state index is 13.3. The van der Waals surface area contributed by atoms with Gasteiger partial charge in [-0.3, -0.25) is 9.59 Å². The van der Waals surface area contributed by atoms with Crippen LogP contribution in [0.2, 0.25) is 0 Å². The van der Waals surface area contributed by atoms with E-state index in [2.05, 4.69) is 5.32 Å². The van der Waals surface area contributed by atoms with E-state index in [1.54, 1.807) is 0 Å². The summed E-state index contributed by atoms with van der Waals surface area (Å²) >= 11 is 0. The highest BCUT2D eigenvalue weighted by atomic mass is 19.1. The predicted octanol–water partition coefficient (Wildman–Crippen LogP) is 1.54. The Bertz CT molecular complexity index is 1010. The molecule has 1 aliphatic heterocycles. The highest BCUT2D eigenvalue weighted by Gasteiger charge is 2.46. The van der Waals surface area contributed by atoms with E-state index in [9.17, 15) is 24.2 Å². The number of methoxy groups -OCH3 is 1. The van der Waals surface area contributed by atoms with E-state index < -0.39 is 29.3 Å². The first kappa shape index (κ1) is 22.3. The van der Waals surface area contributed by atoms with Crippen LogP contribution in [0.25, 0.3) is 5.76 Å². The third kappa shape index (κ3) is 4.52. The molecule has 0 aromatic heterocycles. The molecule has 9 heteroatoms. The zero-order chi connectivity index (χ0) is 22.5. The SMILES string of the molecule is COc1cc([C@@H]2C(=C(O)c3ccc(F)cc3)C(=O)C(=O)N2CCNCCO)ccc1O. The molecule has 0 spiro atoms. The molecule has 1 heterocycles. The number of nitrogens with zero attached hydrogens (tertiary/aromatic N) is 1. The number of carbonyl (C=O) groups excluding carboxylic acids is 2. The third-order valence-electron chi connectivity index (χ3n) is 5.00. The van der Waals surface area contributed by atoms with E-state index in [0.717, 1.165) is 12.1 Å². The third-order valence-corrected chi connectivity index (χ3v) is 5.00. The van der Waals surface area contributed by atoms with E-state index in [0.29, 0.717) is 18.7 Å². The number of aromatic hydroxyl groups is 1. The number of likely N-dealkylation sites (tertiary alicyclic amines) is 1. The summed E-state index contributed by atoms with van der Waals surface area (Å²) in [6.45, 7) is 0.660. The van der Waals surface area contributed by atoms with E-state index in [-0.39, 0.29) is 35.8 Å². The highest BCUT2D eigenvalue weighted by molar-refractivity contribution is 6.46. The molecular weight excluding hydrogens is 407 g/mol. The Morgan fingerprint density at radius 2 is 1.87 bits per heavy atom. The smallest absolute Gasteiger partial charge is 0.295 e. The lowest BCUT2D eigenvalue weighted by molar-refractivity contribution is -0.139. The summed E-state index contributed by atoms with van der Waals surface area (Å²) in [6, 6.07) is 8.35. The van der Waals surface area contributed by atoms with Gasteiger partial charge in [0.1, 0.15) is 11.6 Å². The number of hydrogen-bond acceptors (Lipinski definition) is 7. The fourth-order valence-corrected chi connectivity index (χ4v) is 3.49. The van der Waals surface area contributed by atoms with Crippen LogP contribution in [0, 0.1) is 5.82 Å². The summed E-state index contributed by atoms with van der Waals surface area (Å²) in [5.74, 6) is -2.59. The van der Waals surface area contributed by atoms with Gasteiger partial charge < -0.3 is 30.3 Å². The summed E-state index contributed by atoms with van der Waals surface area (Å²) in [5, 5.41) is 32.7. The summed E-state index contributed by atoms with van der Waals surface area (Å²) in [6.07, 6.45) is 0. The summed E-state index contributed by atoms with van der Waals surface area (Å²) in [7, 11) is 1.37. The number of ether oxygens (including phenoxy) is 1. The van der Waals surface area contributed by atoms with Crippen LogP contribution in [0.1, 0.15) is 17.2 Å². The lowest BCUT2D eigenvalue weighted by Crippen LogP contribution is -2.36. The molecular formula is C22H23FN2O6. The molecule has 0 bridgehead atoms. The first-order chi connectivity index (χ1) is 14.9. The Morgan fingerprint density at radius 1 is 1.16 bits per heavy atom. The quantitative estimate of drug-likeness (QED) is 0.217. The molecule has 1 amide bonds. The minimum absolute atomic E-state index is 0.0814. The van der Waals surface area contributed by atoms with Crippen molar-refractivity contribution in [2.75, 3.05) is 33.4 Å². The molecule has 0 radical (unpaired) electrons. The Labute approximate surface area is 178 Å². The van der Waals surface area contributed by atoms with Crippen molar-refractivity contribution in [3.8, 4) is 11.5 Å². The number of phenols is 1. The van der Waals surface area contributed by atoms with E-state index in [1.165, 1.54) is 42.3 Å². The standard InChI is InChI=1S/C22H23FN2O6/c1-31-17-12-14(4-7-16(17)27)19-18(20(28)13-2-5-15(23)6-3-13)21(29)22(30)25(19)10-8-24-9-11-26/h2-7,12,19,24,26-28H,8-11H2,1H3/t19-/m1/s1. The number of Topliss-reactive ketones (excluding diaryl/α,β-unsaturated/α-hetero) is 1. The molecule has 164 valence electrons. The second-order valence-corrected chi connectivity index (χ2v) is 6.90. The second-order valence-electron chi connectivity index (χ2n) is 6.90. The lowest BCUT2D eigenvalue weighted by atomic mass is 9.95. The number of aliphatic hydroxyl groups is 2. The van der Waals surface area contributed by atoms with E-state index in [4.69, 9.17) is 9.84 Å². The molecule has 1 fully saturated rings. The number of nitrogens with one attached hydrogen (secondary N) is 1. The van der Waals surface area contributed by atoms with Gasteiger partial charge in [0, 0.05) is 25.2 Å². The molecule has 0 aliphatic carbocycles. The van der Waals surface area contributed by atoms with Gasteiger partial charge in [-0.2, -0.15) is 0 Å². The van der Waals surface area contributed by atoms with Crippen LogP contribution in [0.5, 0.6) is 11.5 Å². The monoisotopic (exact) mass is 430 g/mol. The number of benzene rings is 2. The van der Waals surface area contributed by atoms with Crippen LogP contribution in [-0.2, 0) is 9.59 Å². The number of halogens is 1.